The summed E-state index contributed by atoms with van der Waals surface area (Å²) in [4.78, 5) is 7.52. The molecule has 0 saturated carbocycles. The number of nitrogens with one attached hydrogen (secondary N) is 1. The molecule has 13 heavy (non-hydrogen) atoms. The fourth-order valence-electron chi connectivity index (χ4n) is 1.29. The fraction of sp³-hybridized carbons (Fsp3) is 0.222. The number of imidazole rings is 1. The van der Waals surface area contributed by atoms with Gasteiger partial charge in [-0.3, -0.25) is 0 Å². The van der Waals surface area contributed by atoms with Crippen molar-refractivity contribution in [2.75, 3.05) is 6.54 Å². The number of aromatic amines is 1. The highest BCUT2D eigenvalue weighted by atomic mass is 35.5. The summed E-state index contributed by atoms with van der Waals surface area (Å²) in [5, 5.41) is 0.707. The van der Waals surface area contributed by atoms with Gasteiger partial charge in [-0.2, -0.15) is 0 Å². The number of hydrogen-bond acceptors (Lipinski definition) is 2. The third-order valence-corrected chi connectivity index (χ3v) is 2.11. The highest BCUT2D eigenvalue weighted by molar-refractivity contribution is 6.31. The van der Waals surface area contributed by atoms with E-state index >= 15 is 0 Å². The standard InChI is InChI=1S/C9H10ClN3/c10-6-1-2-7-8(5-6)13-9(12-7)3-4-11/h1-2,5H,3-4,11H2,(H,12,13). The Bertz CT molecular complexity index is 422. The van der Waals surface area contributed by atoms with E-state index in [2.05, 4.69) is 9.97 Å². The minimum Gasteiger partial charge on any atom is -0.342 e. The molecule has 3 N–H and O–H groups in total. The summed E-state index contributed by atoms with van der Waals surface area (Å²) in [5.74, 6) is 0.916. The second kappa shape index (κ2) is 3.36. The first-order valence-corrected chi connectivity index (χ1v) is 4.51. The first-order valence-electron chi connectivity index (χ1n) is 4.14. The third kappa shape index (κ3) is 1.66. The molecule has 2 rings (SSSR count). The fourth-order valence-corrected chi connectivity index (χ4v) is 1.45. The van der Waals surface area contributed by atoms with Crippen molar-refractivity contribution in [3.05, 3.63) is 29.0 Å². The molecular formula is C9H10ClN3. The van der Waals surface area contributed by atoms with E-state index in [0.29, 0.717) is 11.6 Å². The van der Waals surface area contributed by atoms with Crippen molar-refractivity contribution in [1.82, 2.24) is 9.97 Å². The van der Waals surface area contributed by atoms with Crippen molar-refractivity contribution >= 4 is 22.6 Å². The Morgan fingerprint density at radius 2 is 2.31 bits per heavy atom. The minimum atomic E-state index is 0.605. The van der Waals surface area contributed by atoms with E-state index in [1.54, 1.807) is 0 Å². The smallest absolute Gasteiger partial charge is 0.108 e. The van der Waals surface area contributed by atoms with Crippen LogP contribution in [0.1, 0.15) is 5.82 Å². The second-order valence-corrected chi connectivity index (χ2v) is 3.32. The van der Waals surface area contributed by atoms with Gasteiger partial charge >= 0.3 is 0 Å². The molecule has 68 valence electrons. The first-order chi connectivity index (χ1) is 6.29. The van der Waals surface area contributed by atoms with Crippen LogP contribution in [0.25, 0.3) is 11.0 Å². The van der Waals surface area contributed by atoms with Gasteiger partial charge in [-0.25, -0.2) is 4.98 Å². The zero-order chi connectivity index (χ0) is 9.26. The van der Waals surface area contributed by atoms with Gasteiger partial charge in [-0.1, -0.05) is 11.6 Å². The summed E-state index contributed by atoms with van der Waals surface area (Å²) < 4.78 is 0. The van der Waals surface area contributed by atoms with E-state index in [-0.39, 0.29) is 0 Å². The van der Waals surface area contributed by atoms with Crippen LogP contribution in [0.3, 0.4) is 0 Å². The summed E-state index contributed by atoms with van der Waals surface area (Å²) in [7, 11) is 0. The molecule has 0 unspecified atom stereocenters. The molecule has 1 aromatic carbocycles. The number of aromatic nitrogens is 2. The van der Waals surface area contributed by atoms with Crippen molar-refractivity contribution < 1.29 is 0 Å². The molecule has 0 aliphatic heterocycles. The number of H-pyrrole nitrogens is 1. The maximum absolute atomic E-state index is 5.83. The lowest BCUT2D eigenvalue weighted by atomic mass is 10.3. The molecule has 4 heteroatoms. The van der Waals surface area contributed by atoms with Gasteiger partial charge in [-0.15, -0.1) is 0 Å². The summed E-state index contributed by atoms with van der Waals surface area (Å²) in [6, 6.07) is 5.60. The Morgan fingerprint density at radius 3 is 3.08 bits per heavy atom. The molecule has 0 amide bonds. The van der Waals surface area contributed by atoms with Crippen LogP contribution in [0, 0.1) is 0 Å². The first kappa shape index (κ1) is 8.53. The van der Waals surface area contributed by atoms with E-state index < -0.39 is 0 Å². The van der Waals surface area contributed by atoms with Crippen LogP contribution in [0.5, 0.6) is 0 Å². The van der Waals surface area contributed by atoms with Crippen molar-refractivity contribution in [3.63, 3.8) is 0 Å². The lowest BCUT2D eigenvalue weighted by molar-refractivity contribution is 0.900. The Kier molecular flexibility index (Phi) is 2.20. The summed E-state index contributed by atoms with van der Waals surface area (Å²) in [6.07, 6.45) is 0.770. The van der Waals surface area contributed by atoms with Crippen LogP contribution >= 0.6 is 11.6 Å². The number of fused-ring (bicyclic) bond motifs is 1. The number of nitrogens with zero attached hydrogens (tertiary/aromatic N) is 1. The maximum Gasteiger partial charge on any atom is 0.108 e. The molecule has 0 saturated heterocycles. The highest BCUT2D eigenvalue weighted by Gasteiger charge is 2.01. The molecule has 2 aromatic rings. The van der Waals surface area contributed by atoms with Crippen molar-refractivity contribution in [3.8, 4) is 0 Å². The van der Waals surface area contributed by atoms with Gasteiger partial charge in [-0.05, 0) is 24.7 Å². The van der Waals surface area contributed by atoms with E-state index in [0.717, 1.165) is 23.3 Å². The minimum absolute atomic E-state index is 0.605. The number of halogens is 1. The molecule has 0 bridgehead atoms. The van der Waals surface area contributed by atoms with Crippen molar-refractivity contribution in [2.45, 2.75) is 6.42 Å². The van der Waals surface area contributed by atoms with Crippen molar-refractivity contribution in [2.24, 2.45) is 5.73 Å². The van der Waals surface area contributed by atoms with E-state index in [4.69, 9.17) is 17.3 Å². The molecule has 0 radical (unpaired) electrons. The SMILES string of the molecule is NCCc1nc2cc(Cl)ccc2[nH]1. The molecule has 3 nitrogen and oxygen atoms in total. The van der Waals surface area contributed by atoms with Crippen LogP contribution in [0.4, 0.5) is 0 Å². The number of hydrogen-bond donors (Lipinski definition) is 2. The zero-order valence-corrected chi connectivity index (χ0v) is 7.80. The van der Waals surface area contributed by atoms with Crippen LogP contribution < -0.4 is 5.73 Å². The predicted octanol–water partition coefficient (Wildman–Crippen LogP) is 1.72. The normalized spacial score (nSPS) is 10.9. The number of benzene rings is 1. The van der Waals surface area contributed by atoms with Gasteiger partial charge in [0.1, 0.15) is 5.82 Å². The van der Waals surface area contributed by atoms with E-state index in [1.807, 2.05) is 18.2 Å². The number of rotatable bonds is 2. The van der Waals surface area contributed by atoms with Crippen LogP contribution in [0.2, 0.25) is 5.02 Å². The average molecular weight is 196 g/mol. The van der Waals surface area contributed by atoms with Gasteiger partial charge in [0.2, 0.25) is 0 Å². The predicted molar refractivity (Wildman–Crippen MR) is 53.9 cm³/mol. The highest BCUT2D eigenvalue weighted by Crippen LogP contribution is 2.16. The van der Waals surface area contributed by atoms with Gasteiger partial charge in [0.15, 0.2) is 0 Å². The molecule has 1 heterocycles. The average Bonchev–Trinajstić information content (AvgIpc) is 2.46. The third-order valence-electron chi connectivity index (χ3n) is 1.88. The Balaban J connectivity index is 2.49. The Labute approximate surface area is 80.9 Å². The molecule has 0 spiro atoms. The van der Waals surface area contributed by atoms with E-state index in [9.17, 15) is 0 Å². The summed E-state index contributed by atoms with van der Waals surface area (Å²) in [6.45, 7) is 0.605. The van der Waals surface area contributed by atoms with Crippen LogP contribution in [0.15, 0.2) is 18.2 Å². The lowest BCUT2D eigenvalue weighted by Gasteiger charge is -1.87. The van der Waals surface area contributed by atoms with Crippen LogP contribution in [-0.4, -0.2) is 16.5 Å². The molecule has 0 atom stereocenters. The van der Waals surface area contributed by atoms with Gasteiger partial charge < -0.3 is 10.7 Å². The maximum atomic E-state index is 5.83. The monoisotopic (exact) mass is 195 g/mol. The largest absolute Gasteiger partial charge is 0.342 e. The van der Waals surface area contributed by atoms with Gasteiger partial charge in [0.05, 0.1) is 11.0 Å². The van der Waals surface area contributed by atoms with Crippen molar-refractivity contribution in [1.29, 1.82) is 0 Å². The van der Waals surface area contributed by atoms with Gasteiger partial charge in [0.25, 0.3) is 0 Å². The summed E-state index contributed by atoms with van der Waals surface area (Å²) in [5.41, 5.74) is 7.33. The molecule has 0 fully saturated rings. The molecule has 0 aliphatic carbocycles. The van der Waals surface area contributed by atoms with E-state index in [1.165, 1.54) is 0 Å². The Morgan fingerprint density at radius 1 is 1.46 bits per heavy atom. The van der Waals surface area contributed by atoms with Crippen LogP contribution in [-0.2, 0) is 6.42 Å². The zero-order valence-electron chi connectivity index (χ0n) is 7.05. The molecule has 1 aromatic heterocycles. The quantitative estimate of drug-likeness (QED) is 0.767. The summed E-state index contributed by atoms with van der Waals surface area (Å²) >= 11 is 5.83. The Hall–Kier alpha value is -1.06. The second-order valence-electron chi connectivity index (χ2n) is 2.88. The molecular weight excluding hydrogens is 186 g/mol. The number of nitrogens with two attached hydrogens (primary N) is 1. The lowest BCUT2D eigenvalue weighted by Crippen LogP contribution is -2.03. The topological polar surface area (TPSA) is 54.7 Å². The molecule has 0 aliphatic rings. The van der Waals surface area contributed by atoms with Gasteiger partial charge in [0, 0.05) is 11.4 Å².